The van der Waals surface area contributed by atoms with Crippen molar-refractivity contribution < 1.29 is 14.3 Å². The van der Waals surface area contributed by atoms with Crippen LogP contribution in [0.2, 0.25) is 0 Å². The molecule has 164 valence electrons. The van der Waals surface area contributed by atoms with Gasteiger partial charge in [0, 0.05) is 31.9 Å². The predicted molar refractivity (Wildman–Crippen MR) is 119 cm³/mol. The third-order valence-electron chi connectivity index (χ3n) is 5.22. The molecule has 0 bridgehead atoms. The second kappa shape index (κ2) is 8.42. The van der Waals surface area contributed by atoms with Crippen LogP contribution in [0, 0.1) is 0 Å². The number of aromatic nitrogens is 3. The maximum atomic E-state index is 12.8. The molecule has 1 aromatic carbocycles. The Morgan fingerprint density at radius 3 is 2.55 bits per heavy atom. The Morgan fingerprint density at radius 2 is 1.87 bits per heavy atom. The second-order valence-electron chi connectivity index (χ2n) is 7.19. The van der Waals surface area contributed by atoms with Crippen molar-refractivity contribution in [1.29, 1.82) is 0 Å². The molecule has 1 aliphatic rings. The van der Waals surface area contributed by atoms with Gasteiger partial charge in [-0.25, -0.2) is 9.78 Å². The van der Waals surface area contributed by atoms with Gasteiger partial charge < -0.3 is 19.7 Å². The highest BCUT2D eigenvalue weighted by Gasteiger charge is 2.22. The number of carbonyl (C=O) groups is 1. The number of ether oxygens (including phenoxy) is 2. The number of carbonyl (C=O) groups excluding carboxylic acids is 1. The van der Waals surface area contributed by atoms with Crippen LogP contribution in [0.25, 0.3) is 10.3 Å². The molecule has 1 fully saturated rings. The van der Waals surface area contributed by atoms with Gasteiger partial charge in [0.15, 0.2) is 22.3 Å². The molecule has 0 saturated carbocycles. The number of nitrogens with zero attached hydrogens (tertiary/aromatic N) is 4. The lowest BCUT2D eigenvalue weighted by molar-refractivity contribution is -0.116. The van der Waals surface area contributed by atoms with Gasteiger partial charge in [0.05, 0.1) is 14.2 Å². The molecule has 0 unspecified atom stereocenters. The zero-order valence-electron chi connectivity index (χ0n) is 17.5. The average Bonchev–Trinajstić information content (AvgIpc) is 3.45. The van der Waals surface area contributed by atoms with E-state index in [0.717, 1.165) is 30.5 Å². The van der Waals surface area contributed by atoms with Crippen LogP contribution >= 0.6 is 11.3 Å². The van der Waals surface area contributed by atoms with Gasteiger partial charge in [-0.2, -0.15) is 0 Å². The Labute approximate surface area is 181 Å². The van der Waals surface area contributed by atoms with E-state index in [1.807, 2.05) is 0 Å². The highest BCUT2D eigenvalue weighted by atomic mass is 32.1. The molecule has 1 N–H and O–H groups in total. The predicted octanol–water partition coefficient (Wildman–Crippen LogP) is 1.41. The van der Waals surface area contributed by atoms with Crippen LogP contribution in [0.5, 0.6) is 11.5 Å². The fraction of sp³-hybridized carbons (Fsp3) is 0.400. The van der Waals surface area contributed by atoms with Crippen molar-refractivity contribution in [3.63, 3.8) is 0 Å². The number of amides is 1. The number of methoxy groups -OCH3 is 2. The summed E-state index contributed by atoms with van der Waals surface area (Å²) in [6.07, 6.45) is 2.13. The summed E-state index contributed by atoms with van der Waals surface area (Å²) < 4.78 is 13.1. The molecule has 0 spiro atoms. The van der Waals surface area contributed by atoms with Crippen molar-refractivity contribution in [2.75, 3.05) is 37.5 Å². The van der Waals surface area contributed by atoms with Gasteiger partial charge in [0.1, 0.15) is 11.2 Å². The van der Waals surface area contributed by atoms with Crippen LogP contribution in [0.1, 0.15) is 12.8 Å². The largest absolute Gasteiger partial charge is 0.493 e. The van der Waals surface area contributed by atoms with Gasteiger partial charge in [0.2, 0.25) is 5.91 Å². The molecule has 0 radical (unpaired) electrons. The molecular formula is C20H23N5O5S. The highest BCUT2D eigenvalue weighted by molar-refractivity contribution is 7.22. The number of nitrogens with one attached hydrogen (secondary N) is 1. The van der Waals surface area contributed by atoms with Crippen molar-refractivity contribution in [3.05, 3.63) is 39.0 Å². The first-order valence-electron chi connectivity index (χ1n) is 9.80. The zero-order valence-corrected chi connectivity index (χ0v) is 18.3. The minimum Gasteiger partial charge on any atom is -0.493 e. The first-order chi connectivity index (χ1) is 14.9. The zero-order chi connectivity index (χ0) is 22.1. The van der Waals surface area contributed by atoms with Crippen LogP contribution in [0.3, 0.4) is 0 Å². The lowest BCUT2D eigenvalue weighted by Crippen LogP contribution is -2.39. The Morgan fingerprint density at radius 1 is 1.16 bits per heavy atom. The Kier molecular flexibility index (Phi) is 5.68. The summed E-state index contributed by atoms with van der Waals surface area (Å²) in [7, 11) is 4.43. The van der Waals surface area contributed by atoms with E-state index in [0.29, 0.717) is 27.0 Å². The maximum absolute atomic E-state index is 12.8. The van der Waals surface area contributed by atoms with E-state index in [2.05, 4.69) is 15.2 Å². The Bertz CT molecular complexity index is 1260. The van der Waals surface area contributed by atoms with Gasteiger partial charge in [0.25, 0.3) is 5.56 Å². The Hall–Kier alpha value is -3.34. The molecule has 1 aliphatic heterocycles. The lowest BCUT2D eigenvalue weighted by atomic mass is 10.2. The molecular weight excluding hydrogens is 422 g/mol. The maximum Gasteiger partial charge on any atom is 0.332 e. The number of hydrogen-bond donors (Lipinski definition) is 1. The molecule has 1 amide bonds. The van der Waals surface area contributed by atoms with E-state index >= 15 is 0 Å². The fourth-order valence-corrected chi connectivity index (χ4v) is 4.68. The number of benzene rings is 1. The van der Waals surface area contributed by atoms with Crippen molar-refractivity contribution in [1.82, 2.24) is 14.1 Å². The molecule has 10 nitrogen and oxygen atoms in total. The van der Waals surface area contributed by atoms with Crippen molar-refractivity contribution in [2.45, 2.75) is 19.4 Å². The SMILES string of the molecule is COc1ccc(NC(=O)Cn2c(=O)n(C)c(=O)c3sc(N4CCCC4)nc32)cc1OC. The topological polar surface area (TPSA) is 108 Å². The van der Waals surface area contributed by atoms with Crippen LogP contribution < -0.4 is 30.9 Å². The number of fused-ring (bicyclic) bond motifs is 1. The van der Waals surface area contributed by atoms with E-state index in [1.165, 1.54) is 37.2 Å². The summed E-state index contributed by atoms with van der Waals surface area (Å²) in [6.45, 7) is 1.45. The fourth-order valence-electron chi connectivity index (χ4n) is 3.58. The average molecular weight is 446 g/mol. The number of rotatable bonds is 6. The summed E-state index contributed by atoms with van der Waals surface area (Å²) in [5.41, 5.74) is -0.256. The second-order valence-corrected chi connectivity index (χ2v) is 8.17. The lowest BCUT2D eigenvalue weighted by Gasteiger charge is -2.12. The first-order valence-corrected chi connectivity index (χ1v) is 10.6. The van der Waals surface area contributed by atoms with Crippen LogP contribution in [-0.2, 0) is 18.4 Å². The summed E-state index contributed by atoms with van der Waals surface area (Å²) >= 11 is 1.26. The number of hydrogen-bond acceptors (Lipinski definition) is 8. The van der Waals surface area contributed by atoms with Crippen molar-refractivity contribution in [2.24, 2.45) is 7.05 Å². The molecule has 1 saturated heterocycles. The Balaban J connectivity index is 1.66. The van der Waals surface area contributed by atoms with Gasteiger partial charge in [-0.15, -0.1) is 0 Å². The normalized spacial score (nSPS) is 13.6. The van der Waals surface area contributed by atoms with Crippen LogP contribution in [0.4, 0.5) is 10.8 Å². The molecule has 2 aromatic heterocycles. The molecule has 31 heavy (non-hydrogen) atoms. The standard InChI is InChI=1S/C20H23N5O5S/c1-23-18(27)16-17(22-19(31-16)24-8-4-5-9-24)25(20(23)28)11-15(26)21-12-6-7-13(29-2)14(10-12)30-3/h6-7,10H,4-5,8-9,11H2,1-3H3,(H,21,26). The van der Waals surface area contributed by atoms with Crippen LogP contribution in [0.15, 0.2) is 27.8 Å². The first kappa shape index (κ1) is 20.9. The molecule has 3 heterocycles. The van der Waals surface area contributed by atoms with Crippen LogP contribution in [-0.4, -0.2) is 47.3 Å². The van der Waals surface area contributed by atoms with E-state index in [1.54, 1.807) is 18.2 Å². The quantitative estimate of drug-likeness (QED) is 0.611. The molecule has 4 rings (SSSR count). The number of thiazole rings is 1. The summed E-state index contributed by atoms with van der Waals surface area (Å²) in [5.74, 6) is 0.579. The monoisotopic (exact) mass is 445 g/mol. The third-order valence-corrected chi connectivity index (χ3v) is 6.31. The van der Waals surface area contributed by atoms with Crippen molar-refractivity contribution in [3.8, 4) is 11.5 Å². The van der Waals surface area contributed by atoms with Gasteiger partial charge in [-0.3, -0.25) is 18.7 Å². The molecule has 11 heteroatoms. The highest BCUT2D eigenvalue weighted by Crippen LogP contribution is 2.30. The van der Waals surface area contributed by atoms with E-state index < -0.39 is 17.2 Å². The summed E-state index contributed by atoms with van der Waals surface area (Å²) in [4.78, 5) is 44.7. The summed E-state index contributed by atoms with van der Waals surface area (Å²) in [6, 6.07) is 4.98. The van der Waals surface area contributed by atoms with Gasteiger partial charge in [-0.1, -0.05) is 11.3 Å². The molecule has 0 aliphatic carbocycles. The number of anilines is 2. The molecule has 0 atom stereocenters. The van der Waals surface area contributed by atoms with E-state index in [4.69, 9.17) is 9.47 Å². The minimum absolute atomic E-state index is 0.238. The van der Waals surface area contributed by atoms with E-state index in [-0.39, 0.29) is 12.2 Å². The smallest absolute Gasteiger partial charge is 0.332 e. The summed E-state index contributed by atoms with van der Waals surface area (Å²) in [5, 5.41) is 3.45. The van der Waals surface area contributed by atoms with E-state index in [9.17, 15) is 14.4 Å². The van der Waals surface area contributed by atoms with Crippen molar-refractivity contribution >= 4 is 38.4 Å². The minimum atomic E-state index is -0.585. The third kappa shape index (κ3) is 3.88. The molecule has 3 aromatic rings. The van der Waals surface area contributed by atoms with Gasteiger partial charge in [-0.05, 0) is 25.0 Å². The van der Waals surface area contributed by atoms with Gasteiger partial charge >= 0.3 is 5.69 Å².